The number of halogens is 2. The number of nitrogens with zero attached hydrogens (tertiary/aromatic N) is 4. The summed E-state index contributed by atoms with van der Waals surface area (Å²) in [7, 11) is 0. The summed E-state index contributed by atoms with van der Waals surface area (Å²) >= 11 is 7.70. The number of pyridine rings is 1. The lowest BCUT2D eigenvalue weighted by Gasteiger charge is -2.29. The maximum absolute atomic E-state index is 14.1. The van der Waals surface area contributed by atoms with E-state index in [0.29, 0.717) is 22.6 Å². The highest BCUT2D eigenvalue weighted by Crippen LogP contribution is 2.30. The van der Waals surface area contributed by atoms with Crippen LogP contribution >= 0.6 is 22.9 Å². The van der Waals surface area contributed by atoms with E-state index < -0.39 is 0 Å². The van der Waals surface area contributed by atoms with Crippen molar-refractivity contribution in [1.82, 2.24) is 19.4 Å². The molecule has 9 heteroatoms. The van der Waals surface area contributed by atoms with E-state index in [9.17, 15) is 4.39 Å². The van der Waals surface area contributed by atoms with Gasteiger partial charge in [-0.1, -0.05) is 36.7 Å². The highest BCUT2D eigenvalue weighted by Gasteiger charge is 2.24. The van der Waals surface area contributed by atoms with Crippen LogP contribution in [0.4, 0.5) is 4.39 Å². The van der Waals surface area contributed by atoms with Crippen LogP contribution < -0.4 is 4.74 Å². The minimum Gasteiger partial charge on any atom is -0.473 e. The Balaban J connectivity index is 1.12. The van der Waals surface area contributed by atoms with Crippen molar-refractivity contribution in [3.63, 3.8) is 0 Å². The molecule has 0 radical (unpaired) electrons. The molecule has 5 heterocycles. The van der Waals surface area contributed by atoms with Crippen molar-refractivity contribution >= 4 is 38.9 Å². The number of hydrogen-bond donors (Lipinski definition) is 0. The Morgan fingerprint density at radius 1 is 1.21 bits per heavy atom. The van der Waals surface area contributed by atoms with Gasteiger partial charge >= 0.3 is 0 Å². The van der Waals surface area contributed by atoms with Crippen LogP contribution in [0.3, 0.4) is 0 Å². The van der Waals surface area contributed by atoms with E-state index in [-0.39, 0.29) is 12.4 Å². The van der Waals surface area contributed by atoms with Crippen molar-refractivity contribution in [1.29, 1.82) is 0 Å². The van der Waals surface area contributed by atoms with Crippen molar-refractivity contribution in [2.45, 2.75) is 52.0 Å². The van der Waals surface area contributed by atoms with E-state index in [1.807, 2.05) is 23.5 Å². The Morgan fingerprint density at radius 3 is 2.84 bits per heavy atom. The third kappa shape index (κ3) is 5.50. The molecule has 0 bridgehead atoms. The summed E-state index contributed by atoms with van der Waals surface area (Å²) in [5.74, 6) is 1.21. The standard InChI is InChI=1S/C29H30ClFN4O2S/c1-2-23-15-26-29(38-23)35(16-22-10-13-36-22)27(32-26)17-34-11-8-19(9-12-34)25-4-3-5-28(33-25)37-18-20-6-7-21(30)14-24(20)31/h3-8,14-15,22H,2,9-13,16-18H2,1H3/t22-/m0/s1. The lowest BCUT2D eigenvalue weighted by Crippen LogP contribution is -2.33. The fraction of sp³-hybridized carbons (Fsp3) is 0.379. The highest BCUT2D eigenvalue weighted by atomic mass is 35.5. The van der Waals surface area contributed by atoms with E-state index in [1.165, 1.54) is 21.3 Å². The second-order valence-corrected chi connectivity index (χ2v) is 11.3. The number of benzene rings is 1. The first-order valence-corrected chi connectivity index (χ1v) is 14.3. The van der Waals surface area contributed by atoms with Gasteiger partial charge in [0.1, 0.15) is 28.6 Å². The van der Waals surface area contributed by atoms with Crippen LogP contribution in [0.25, 0.3) is 15.9 Å². The molecule has 0 N–H and O–H groups in total. The second-order valence-electron chi connectivity index (χ2n) is 9.78. The summed E-state index contributed by atoms with van der Waals surface area (Å²) in [6.45, 7) is 6.60. The molecule has 1 aromatic carbocycles. The van der Waals surface area contributed by atoms with Gasteiger partial charge in [-0.3, -0.25) is 4.90 Å². The number of ether oxygens (including phenoxy) is 2. The van der Waals surface area contributed by atoms with Crippen LogP contribution in [0.5, 0.6) is 5.88 Å². The second kappa shape index (κ2) is 11.1. The predicted molar refractivity (Wildman–Crippen MR) is 149 cm³/mol. The van der Waals surface area contributed by atoms with E-state index >= 15 is 0 Å². The maximum atomic E-state index is 14.1. The Kier molecular flexibility index (Phi) is 7.48. The average molecular weight is 553 g/mol. The molecule has 2 aliphatic heterocycles. The van der Waals surface area contributed by atoms with Crippen LogP contribution in [0.15, 0.2) is 48.5 Å². The molecule has 0 saturated carbocycles. The molecule has 198 valence electrons. The summed E-state index contributed by atoms with van der Waals surface area (Å²) in [6, 6.07) is 12.6. The molecule has 0 unspecified atom stereocenters. The molecular weight excluding hydrogens is 523 g/mol. The van der Waals surface area contributed by atoms with Gasteiger partial charge in [0.15, 0.2) is 0 Å². The first-order chi connectivity index (χ1) is 18.6. The van der Waals surface area contributed by atoms with Crippen molar-refractivity contribution in [2.75, 3.05) is 19.7 Å². The number of fused-ring (bicyclic) bond motifs is 1. The Morgan fingerprint density at radius 2 is 2.11 bits per heavy atom. The van der Waals surface area contributed by atoms with Gasteiger partial charge in [0.25, 0.3) is 0 Å². The highest BCUT2D eigenvalue weighted by molar-refractivity contribution is 7.18. The topological polar surface area (TPSA) is 52.4 Å². The van der Waals surface area contributed by atoms with Gasteiger partial charge in [-0.05, 0) is 49.1 Å². The fourth-order valence-corrected chi connectivity index (χ4v) is 6.10. The van der Waals surface area contributed by atoms with Crippen LogP contribution in [0, 0.1) is 5.82 Å². The zero-order valence-electron chi connectivity index (χ0n) is 21.3. The number of thiophene rings is 1. The van der Waals surface area contributed by atoms with Crippen LogP contribution in [0.2, 0.25) is 5.02 Å². The third-order valence-electron chi connectivity index (χ3n) is 7.18. The Hall–Kier alpha value is -2.78. The quantitative estimate of drug-likeness (QED) is 0.237. The largest absolute Gasteiger partial charge is 0.473 e. The molecule has 0 amide bonds. The Labute approximate surface area is 230 Å². The molecule has 0 spiro atoms. The van der Waals surface area contributed by atoms with Gasteiger partial charge in [0, 0.05) is 41.2 Å². The number of aryl methyl sites for hydroxylation is 1. The monoisotopic (exact) mass is 552 g/mol. The number of rotatable bonds is 9. The zero-order chi connectivity index (χ0) is 26.1. The van der Waals surface area contributed by atoms with E-state index in [2.05, 4.69) is 33.5 Å². The molecule has 1 atom stereocenters. The van der Waals surface area contributed by atoms with Gasteiger partial charge in [0.05, 0.1) is 24.9 Å². The zero-order valence-corrected chi connectivity index (χ0v) is 22.9. The number of hydrogen-bond acceptors (Lipinski definition) is 6. The summed E-state index contributed by atoms with van der Waals surface area (Å²) in [4.78, 5) is 14.8. The molecule has 6 nitrogen and oxygen atoms in total. The maximum Gasteiger partial charge on any atom is 0.214 e. The number of imidazole rings is 1. The van der Waals surface area contributed by atoms with E-state index in [1.54, 1.807) is 18.2 Å². The number of aromatic nitrogens is 3. The first kappa shape index (κ1) is 25.5. The summed E-state index contributed by atoms with van der Waals surface area (Å²) in [6.07, 6.45) is 5.58. The molecule has 1 saturated heterocycles. The van der Waals surface area contributed by atoms with E-state index in [4.69, 9.17) is 26.1 Å². The smallest absolute Gasteiger partial charge is 0.214 e. The molecule has 1 fully saturated rings. The normalized spacial score (nSPS) is 18.0. The van der Waals surface area contributed by atoms with Crippen molar-refractivity contribution in [2.24, 2.45) is 0 Å². The molecule has 0 aliphatic carbocycles. The average Bonchev–Trinajstić information content (AvgIpc) is 3.44. The van der Waals surface area contributed by atoms with Crippen LogP contribution in [-0.4, -0.2) is 45.2 Å². The lowest BCUT2D eigenvalue weighted by atomic mass is 10.0. The van der Waals surface area contributed by atoms with Gasteiger partial charge in [-0.2, -0.15) is 0 Å². The molecule has 2 aliphatic rings. The van der Waals surface area contributed by atoms with Crippen LogP contribution in [-0.2, 0) is 30.9 Å². The van der Waals surface area contributed by atoms with Crippen molar-refractivity contribution in [3.05, 3.63) is 81.3 Å². The molecular formula is C29H30ClFN4O2S. The lowest BCUT2D eigenvalue weighted by molar-refractivity contribution is -0.0591. The van der Waals surface area contributed by atoms with Gasteiger partial charge in [-0.15, -0.1) is 11.3 Å². The van der Waals surface area contributed by atoms with Gasteiger partial charge in [-0.25, -0.2) is 14.4 Å². The van der Waals surface area contributed by atoms with Gasteiger partial charge < -0.3 is 14.0 Å². The SMILES string of the molecule is CCc1cc2nc(CN3CC=C(c4cccc(OCc5ccc(Cl)cc5F)n4)CC3)n(C[C@@H]3CCO3)c2s1. The molecule has 4 aromatic rings. The summed E-state index contributed by atoms with van der Waals surface area (Å²) in [5.41, 5.74) is 3.65. The molecule has 6 rings (SSSR count). The minimum atomic E-state index is -0.379. The summed E-state index contributed by atoms with van der Waals surface area (Å²) in [5, 5.41) is 0.367. The van der Waals surface area contributed by atoms with Crippen LogP contribution in [0.1, 0.15) is 41.7 Å². The Bertz CT molecular complexity index is 1480. The first-order valence-electron chi connectivity index (χ1n) is 13.1. The van der Waals surface area contributed by atoms with Gasteiger partial charge in [0.2, 0.25) is 5.88 Å². The summed E-state index contributed by atoms with van der Waals surface area (Å²) < 4.78 is 28.0. The third-order valence-corrected chi connectivity index (χ3v) is 8.71. The van der Waals surface area contributed by atoms with Crippen molar-refractivity contribution in [3.8, 4) is 5.88 Å². The molecule has 38 heavy (non-hydrogen) atoms. The van der Waals surface area contributed by atoms with Crippen molar-refractivity contribution < 1.29 is 13.9 Å². The minimum absolute atomic E-state index is 0.0992. The fourth-order valence-electron chi connectivity index (χ4n) is 4.88. The van der Waals surface area contributed by atoms with E-state index in [0.717, 1.165) is 69.1 Å². The molecule has 3 aromatic heterocycles. The predicted octanol–water partition coefficient (Wildman–Crippen LogP) is 6.50.